The molecule has 0 aliphatic carbocycles. The Balaban J connectivity index is 1.90. The third kappa shape index (κ3) is 3.29. The molecular weight excluding hydrogens is 387 g/mol. The van der Waals surface area contributed by atoms with Crippen molar-refractivity contribution in [1.82, 2.24) is 20.1 Å². The topological polar surface area (TPSA) is 80.0 Å². The molecule has 0 bridgehead atoms. The molecule has 2 heterocycles. The van der Waals surface area contributed by atoms with Crippen molar-refractivity contribution in [2.24, 2.45) is 0 Å². The minimum Gasteiger partial charge on any atom is -0.465 e. The first-order valence-electron chi connectivity index (χ1n) is 8.20. The van der Waals surface area contributed by atoms with Crippen molar-refractivity contribution in [3.63, 3.8) is 0 Å². The van der Waals surface area contributed by atoms with Crippen LogP contribution in [-0.4, -0.2) is 26.0 Å². The zero-order chi connectivity index (χ0) is 19.0. The van der Waals surface area contributed by atoms with E-state index >= 15 is 0 Å². The summed E-state index contributed by atoms with van der Waals surface area (Å²) in [6, 6.07) is 13.1. The minimum absolute atomic E-state index is 0.0474. The quantitative estimate of drug-likeness (QED) is 0.685. The molecule has 6 nitrogen and oxygen atoms in total. The Kier molecular flexibility index (Phi) is 4.59. The van der Waals surface area contributed by atoms with E-state index in [1.54, 1.807) is 6.07 Å². The number of rotatable bonds is 3. The van der Waals surface area contributed by atoms with Gasteiger partial charge in [-0.05, 0) is 29.8 Å². The van der Waals surface area contributed by atoms with Crippen LogP contribution in [0.2, 0.25) is 10.0 Å². The fourth-order valence-corrected chi connectivity index (χ4v) is 3.60. The average Bonchev–Trinajstić information content (AvgIpc) is 2.97. The smallest absolute Gasteiger partial charge is 0.405 e. The second kappa shape index (κ2) is 7.06. The number of nitrogens with zero attached hydrogens (tertiary/aromatic N) is 3. The third-order valence-electron chi connectivity index (χ3n) is 4.34. The monoisotopic (exact) mass is 400 g/mol. The van der Waals surface area contributed by atoms with E-state index in [1.165, 1.54) is 0 Å². The summed E-state index contributed by atoms with van der Waals surface area (Å²) in [6.07, 6.45) is 1.44. The summed E-state index contributed by atoms with van der Waals surface area (Å²) >= 11 is 12.7. The maximum absolute atomic E-state index is 10.9. The fourth-order valence-electron chi connectivity index (χ4n) is 3.19. The van der Waals surface area contributed by atoms with Crippen LogP contribution in [0.25, 0.3) is 11.3 Å². The van der Waals surface area contributed by atoms with Gasteiger partial charge in [-0.25, -0.2) is 4.79 Å². The average molecular weight is 401 g/mol. The van der Waals surface area contributed by atoms with E-state index < -0.39 is 6.09 Å². The van der Waals surface area contributed by atoms with Crippen molar-refractivity contribution < 1.29 is 9.90 Å². The van der Waals surface area contributed by atoms with E-state index in [-0.39, 0.29) is 6.54 Å². The number of halogens is 2. The molecular formula is C19H14Cl2N4O2. The molecule has 4 rings (SSSR count). The zero-order valence-electron chi connectivity index (χ0n) is 14.0. The summed E-state index contributed by atoms with van der Waals surface area (Å²) in [5, 5.41) is 20.9. The Morgan fingerprint density at radius 2 is 1.96 bits per heavy atom. The lowest BCUT2D eigenvalue weighted by atomic mass is 9.96. The standard InChI is InChI=1S/C19H14Cl2N4O2/c20-11-5-7-16-14(9-11)12(13-3-1-2-4-15(13)21)6-8-17-23-24-18(25(16)17)10-22-19(26)27/h1-7,9,22H,8,10H2,(H,26,27). The molecule has 1 aliphatic heterocycles. The summed E-state index contributed by atoms with van der Waals surface area (Å²) < 4.78 is 1.86. The molecule has 0 fully saturated rings. The predicted molar refractivity (Wildman–Crippen MR) is 103 cm³/mol. The molecule has 1 aromatic heterocycles. The number of fused-ring (bicyclic) bond motifs is 3. The van der Waals surface area contributed by atoms with Crippen LogP contribution in [0.5, 0.6) is 0 Å². The first-order valence-corrected chi connectivity index (χ1v) is 8.95. The van der Waals surface area contributed by atoms with E-state index in [9.17, 15) is 4.79 Å². The lowest BCUT2D eigenvalue weighted by Crippen LogP contribution is -2.22. The number of nitrogens with one attached hydrogen (secondary N) is 1. The van der Waals surface area contributed by atoms with Crippen LogP contribution in [0.1, 0.15) is 22.8 Å². The second-order valence-electron chi connectivity index (χ2n) is 5.99. The number of hydrogen-bond donors (Lipinski definition) is 2. The van der Waals surface area contributed by atoms with Gasteiger partial charge in [-0.1, -0.05) is 47.5 Å². The second-order valence-corrected chi connectivity index (χ2v) is 6.83. The number of amides is 1. The van der Waals surface area contributed by atoms with Gasteiger partial charge in [-0.2, -0.15) is 0 Å². The van der Waals surface area contributed by atoms with Crippen LogP contribution in [0.3, 0.4) is 0 Å². The largest absolute Gasteiger partial charge is 0.465 e. The number of carbonyl (C=O) groups is 1. The highest BCUT2D eigenvalue weighted by molar-refractivity contribution is 6.33. The van der Waals surface area contributed by atoms with Gasteiger partial charge in [0.25, 0.3) is 0 Å². The summed E-state index contributed by atoms with van der Waals surface area (Å²) in [5.41, 5.74) is 3.54. The summed E-state index contributed by atoms with van der Waals surface area (Å²) in [6.45, 7) is 0.0474. The molecule has 1 aliphatic rings. The van der Waals surface area contributed by atoms with Gasteiger partial charge in [0.1, 0.15) is 5.82 Å². The Labute approximate surface area is 165 Å². The Morgan fingerprint density at radius 1 is 1.15 bits per heavy atom. The maximum atomic E-state index is 10.9. The first kappa shape index (κ1) is 17.6. The van der Waals surface area contributed by atoms with E-state index in [1.807, 2.05) is 47.0 Å². The van der Waals surface area contributed by atoms with Crippen LogP contribution in [-0.2, 0) is 13.0 Å². The molecule has 0 atom stereocenters. The predicted octanol–water partition coefficient (Wildman–Crippen LogP) is 4.33. The van der Waals surface area contributed by atoms with E-state index in [2.05, 4.69) is 15.5 Å². The van der Waals surface area contributed by atoms with Gasteiger partial charge in [0.2, 0.25) is 0 Å². The molecule has 136 valence electrons. The molecule has 2 aromatic carbocycles. The van der Waals surface area contributed by atoms with Crippen LogP contribution in [0, 0.1) is 0 Å². The highest BCUT2D eigenvalue weighted by Crippen LogP contribution is 2.37. The lowest BCUT2D eigenvalue weighted by Gasteiger charge is -2.15. The minimum atomic E-state index is -1.12. The maximum Gasteiger partial charge on any atom is 0.405 e. The number of aromatic nitrogens is 3. The van der Waals surface area contributed by atoms with E-state index in [0.29, 0.717) is 28.1 Å². The zero-order valence-corrected chi connectivity index (χ0v) is 15.5. The molecule has 0 saturated carbocycles. The van der Waals surface area contributed by atoms with Crippen molar-refractivity contribution in [3.05, 3.63) is 81.4 Å². The highest BCUT2D eigenvalue weighted by Gasteiger charge is 2.23. The summed E-state index contributed by atoms with van der Waals surface area (Å²) in [7, 11) is 0. The molecule has 8 heteroatoms. The van der Waals surface area contributed by atoms with Crippen LogP contribution in [0.4, 0.5) is 4.79 Å². The van der Waals surface area contributed by atoms with Gasteiger partial charge >= 0.3 is 6.09 Å². The molecule has 27 heavy (non-hydrogen) atoms. The summed E-state index contributed by atoms with van der Waals surface area (Å²) in [5.74, 6) is 1.22. The molecule has 0 radical (unpaired) electrons. The van der Waals surface area contributed by atoms with Crippen molar-refractivity contribution in [3.8, 4) is 5.69 Å². The van der Waals surface area contributed by atoms with Crippen LogP contribution in [0.15, 0.2) is 48.5 Å². The molecule has 0 saturated heterocycles. The van der Waals surface area contributed by atoms with E-state index in [0.717, 1.165) is 22.4 Å². The fraction of sp³-hybridized carbons (Fsp3) is 0.105. The first-order chi connectivity index (χ1) is 13.0. The van der Waals surface area contributed by atoms with Crippen molar-refractivity contribution >= 4 is 34.9 Å². The van der Waals surface area contributed by atoms with Crippen LogP contribution < -0.4 is 5.32 Å². The SMILES string of the molecule is O=C(O)NCc1nnc2n1-c1ccc(Cl)cc1C(c1ccccc1Cl)=CC2. The van der Waals surface area contributed by atoms with Gasteiger partial charge < -0.3 is 10.4 Å². The van der Waals surface area contributed by atoms with Gasteiger partial charge in [-0.3, -0.25) is 4.57 Å². The normalized spacial score (nSPS) is 12.6. The summed E-state index contributed by atoms with van der Waals surface area (Å²) in [4.78, 5) is 10.9. The van der Waals surface area contributed by atoms with E-state index in [4.69, 9.17) is 28.3 Å². The van der Waals surface area contributed by atoms with Crippen molar-refractivity contribution in [1.29, 1.82) is 0 Å². The number of hydrogen-bond acceptors (Lipinski definition) is 3. The Hall–Kier alpha value is -2.83. The number of carboxylic acid groups (broad SMARTS) is 1. The molecule has 3 aromatic rings. The van der Waals surface area contributed by atoms with Gasteiger partial charge in [-0.15, -0.1) is 10.2 Å². The lowest BCUT2D eigenvalue weighted by molar-refractivity contribution is 0.193. The van der Waals surface area contributed by atoms with Gasteiger partial charge in [0, 0.05) is 27.6 Å². The van der Waals surface area contributed by atoms with Crippen molar-refractivity contribution in [2.45, 2.75) is 13.0 Å². The molecule has 1 amide bonds. The highest BCUT2D eigenvalue weighted by atomic mass is 35.5. The molecule has 0 spiro atoms. The Morgan fingerprint density at radius 3 is 2.74 bits per heavy atom. The number of allylic oxidation sites excluding steroid dienone is 1. The van der Waals surface area contributed by atoms with Crippen molar-refractivity contribution in [2.75, 3.05) is 0 Å². The van der Waals surface area contributed by atoms with Gasteiger partial charge in [0.05, 0.1) is 12.2 Å². The number of benzene rings is 2. The van der Waals surface area contributed by atoms with Gasteiger partial charge in [0.15, 0.2) is 5.82 Å². The third-order valence-corrected chi connectivity index (χ3v) is 4.90. The molecule has 0 unspecified atom stereocenters. The van der Waals surface area contributed by atoms with Crippen LogP contribution >= 0.6 is 23.2 Å². The molecule has 2 N–H and O–H groups in total. The Bertz CT molecular complexity index is 1080.